The first-order valence-electron chi connectivity index (χ1n) is 10.0. The first-order valence-corrected chi connectivity index (χ1v) is 10.4. The van der Waals surface area contributed by atoms with E-state index in [2.05, 4.69) is 31.1 Å². The van der Waals surface area contributed by atoms with Gasteiger partial charge >= 0.3 is 6.03 Å². The van der Waals surface area contributed by atoms with Crippen LogP contribution in [0, 0.1) is 0 Å². The number of carbonyl (C=O) groups excluding carboxylic acids is 1. The second kappa shape index (κ2) is 9.20. The molecule has 0 radical (unpaired) electrons. The van der Waals surface area contributed by atoms with Crippen LogP contribution >= 0.6 is 11.6 Å². The largest absolute Gasteiger partial charge is 0.393 e. The zero-order valence-corrected chi connectivity index (χ0v) is 18.4. The highest BCUT2D eigenvalue weighted by atomic mass is 35.5. The summed E-state index contributed by atoms with van der Waals surface area (Å²) in [7, 11) is 0. The fraction of sp³-hybridized carbons (Fsp3) is 0.455. The molecule has 2 heterocycles. The molecular formula is C22H29ClN4O3. The van der Waals surface area contributed by atoms with E-state index < -0.39 is 6.10 Å². The molecule has 30 heavy (non-hydrogen) atoms. The van der Waals surface area contributed by atoms with E-state index in [1.54, 1.807) is 11.0 Å². The number of hydrogen-bond acceptors (Lipinski definition) is 5. The van der Waals surface area contributed by atoms with E-state index in [0.717, 1.165) is 5.69 Å². The van der Waals surface area contributed by atoms with Gasteiger partial charge in [0, 0.05) is 43.6 Å². The zero-order chi connectivity index (χ0) is 21.9. The number of pyridine rings is 1. The molecule has 1 atom stereocenters. The number of urea groups is 1. The summed E-state index contributed by atoms with van der Waals surface area (Å²) in [6, 6.07) is 9.43. The van der Waals surface area contributed by atoms with Gasteiger partial charge < -0.3 is 25.3 Å². The van der Waals surface area contributed by atoms with Gasteiger partial charge in [-0.1, -0.05) is 44.5 Å². The van der Waals surface area contributed by atoms with Gasteiger partial charge in [-0.25, -0.2) is 9.78 Å². The molecule has 1 aliphatic heterocycles. The third-order valence-electron chi connectivity index (χ3n) is 5.27. The summed E-state index contributed by atoms with van der Waals surface area (Å²) >= 11 is 6.32. The fourth-order valence-electron chi connectivity index (χ4n) is 3.34. The number of carbonyl (C=O) groups is 1. The maximum Gasteiger partial charge on any atom is 0.321 e. The van der Waals surface area contributed by atoms with Crippen LogP contribution in [-0.2, 0) is 5.41 Å². The van der Waals surface area contributed by atoms with Gasteiger partial charge in [-0.3, -0.25) is 0 Å². The first-order chi connectivity index (χ1) is 14.2. The Morgan fingerprint density at radius 3 is 2.37 bits per heavy atom. The van der Waals surface area contributed by atoms with Gasteiger partial charge in [0.1, 0.15) is 11.9 Å². The minimum absolute atomic E-state index is 0.0720. The van der Waals surface area contributed by atoms with E-state index >= 15 is 0 Å². The van der Waals surface area contributed by atoms with E-state index in [4.69, 9.17) is 16.7 Å². The monoisotopic (exact) mass is 432 g/mol. The van der Waals surface area contributed by atoms with Gasteiger partial charge in [0.2, 0.25) is 0 Å². The lowest BCUT2D eigenvalue weighted by atomic mass is 9.87. The quantitative estimate of drug-likeness (QED) is 0.688. The van der Waals surface area contributed by atoms with Crippen LogP contribution < -0.4 is 10.2 Å². The molecule has 1 aromatic heterocycles. The van der Waals surface area contributed by atoms with Crippen molar-refractivity contribution in [1.82, 2.24) is 9.88 Å². The van der Waals surface area contributed by atoms with Crippen molar-refractivity contribution in [2.24, 2.45) is 0 Å². The van der Waals surface area contributed by atoms with Crippen LogP contribution in [0.3, 0.4) is 0 Å². The summed E-state index contributed by atoms with van der Waals surface area (Å²) in [4.78, 5) is 20.7. The number of hydrogen-bond donors (Lipinski definition) is 3. The first kappa shape index (κ1) is 22.3. The number of aromatic nitrogens is 1. The number of nitrogens with zero attached hydrogens (tertiary/aromatic N) is 3. The number of halogens is 1. The highest BCUT2D eigenvalue weighted by molar-refractivity contribution is 6.33. The Balaban J connectivity index is 1.57. The van der Waals surface area contributed by atoms with Crippen LogP contribution in [0.1, 0.15) is 38.0 Å². The van der Waals surface area contributed by atoms with Crippen molar-refractivity contribution < 1.29 is 15.0 Å². The number of rotatable bonds is 4. The molecule has 7 nitrogen and oxygen atoms in total. The molecule has 0 aliphatic carbocycles. The topological polar surface area (TPSA) is 88.9 Å². The van der Waals surface area contributed by atoms with Gasteiger partial charge in [0.05, 0.1) is 11.6 Å². The highest BCUT2D eigenvalue weighted by Gasteiger charge is 2.24. The Bertz CT molecular complexity index is 875. The van der Waals surface area contributed by atoms with E-state index in [1.165, 1.54) is 11.8 Å². The van der Waals surface area contributed by atoms with Gasteiger partial charge in [0.15, 0.2) is 0 Å². The summed E-state index contributed by atoms with van der Waals surface area (Å²) in [5, 5.41) is 22.1. The fourth-order valence-corrected chi connectivity index (χ4v) is 3.64. The van der Waals surface area contributed by atoms with Crippen LogP contribution in [0.15, 0.2) is 36.5 Å². The lowest BCUT2D eigenvalue weighted by Gasteiger charge is -2.35. The Morgan fingerprint density at radius 2 is 1.83 bits per heavy atom. The number of amides is 2. The van der Waals surface area contributed by atoms with Gasteiger partial charge in [-0.05, 0) is 29.2 Å². The maximum absolute atomic E-state index is 12.6. The molecule has 0 saturated carbocycles. The maximum atomic E-state index is 12.6. The third-order valence-corrected chi connectivity index (χ3v) is 5.55. The zero-order valence-electron chi connectivity index (χ0n) is 17.6. The molecule has 3 N–H and O–H groups in total. The Morgan fingerprint density at radius 1 is 1.20 bits per heavy atom. The van der Waals surface area contributed by atoms with Crippen molar-refractivity contribution in [3.63, 3.8) is 0 Å². The highest BCUT2D eigenvalue weighted by Crippen LogP contribution is 2.27. The van der Waals surface area contributed by atoms with Crippen molar-refractivity contribution in [3.05, 3.63) is 52.7 Å². The van der Waals surface area contributed by atoms with E-state index in [-0.39, 0.29) is 18.1 Å². The van der Waals surface area contributed by atoms with Crippen LogP contribution in [0.2, 0.25) is 5.02 Å². The SMILES string of the molecule is CC(C)(C)c1ccc(NC(=O)N2CCN(c3ncc(C(O)CO)cc3Cl)CC2)cc1. The predicted octanol–water partition coefficient (Wildman–Crippen LogP) is 3.41. The third kappa shape index (κ3) is 5.22. The molecule has 0 bridgehead atoms. The van der Waals surface area contributed by atoms with Crippen molar-refractivity contribution in [3.8, 4) is 0 Å². The Kier molecular flexibility index (Phi) is 6.85. The molecule has 0 spiro atoms. The number of piperazine rings is 1. The molecular weight excluding hydrogens is 404 g/mol. The van der Waals surface area contributed by atoms with E-state index in [0.29, 0.717) is 42.6 Å². The Hall–Kier alpha value is -2.35. The number of aliphatic hydroxyl groups excluding tert-OH is 2. The summed E-state index contributed by atoms with van der Waals surface area (Å²) < 4.78 is 0. The van der Waals surface area contributed by atoms with Gasteiger partial charge in [-0.15, -0.1) is 0 Å². The van der Waals surface area contributed by atoms with Crippen molar-refractivity contribution in [2.75, 3.05) is 43.0 Å². The number of aliphatic hydroxyl groups is 2. The lowest BCUT2D eigenvalue weighted by Crippen LogP contribution is -2.50. The molecule has 162 valence electrons. The summed E-state index contributed by atoms with van der Waals surface area (Å²) in [6.07, 6.45) is 0.518. The van der Waals surface area contributed by atoms with Crippen molar-refractivity contribution >= 4 is 29.1 Å². The van der Waals surface area contributed by atoms with Crippen LogP contribution in [0.25, 0.3) is 0 Å². The summed E-state index contributed by atoms with van der Waals surface area (Å²) in [5.74, 6) is 0.614. The average Bonchev–Trinajstić information content (AvgIpc) is 2.73. The van der Waals surface area contributed by atoms with E-state index in [9.17, 15) is 9.90 Å². The molecule has 1 unspecified atom stereocenters. The standard InChI is InChI=1S/C22H29ClN4O3/c1-22(2,3)16-4-6-17(7-5-16)25-21(30)27-10-8-26(9-11-27)20-18(23)12-15(13-24-20)19(29)14-28/h4-7,12-13,19,28-29H,8-11,14H2,1-3H3,(H,25,30). The van der Waals surface area contributed by atoms with Crippen molar-refractivity contribution in [2.45, 2.75) is 32.3 Å². The minimum Gasteiger partial charge on any atom is -0.393 e. The molecule has 3 rings (SSSR count). The van der Waals surface area contributed by atoms with Gasteiger partial charge in [-0.2, -0.15) is 0 Å². The predicted molar refractivity (Wildman–Crippen MR) is 119 cm³/mol. The molecule has 1 fully saturated rings. The minimum atomic E-state index is -0.998. The smallest absolute Gasteiger partial charge is 0.321 e. The molecule has 8 heteroatoms. The summed E-state index contributed by atoms with van der Waals surface area (Å²) in [5.41, 5.74) is 2.54. The van der Waals surface area contributed by atoms with Crippen LogP contribution in [0.5, 0.6) is 0 Å². The molecule has 1 aromatic carbocycles. The number of benzene rings is 1. The molecule has 2 aromatic rings. The molecule has 1 saturated heterocycles. The number of nitrogens with one attached hydrogen (secondary N) is 1. The lowest BCUT2D eigenvalue weighted by molar-refractivity contribution is 0.0953. The van der Waals surface area contributed by atoms with E-state index in [1.807, 2.05) is 29.2 Å². The van der Waals surface area contributed by atoms with Gasteiger partial charge in [0.25, 0.3) is 0 Å². The normalized spacial score (nSPS) is 15.8. The van der Waals surface area contributed by atoms with Crippen molar-refractivity contribution in [1.29, 1.82) is 0 Å². The second-order valence-electron chi connectivity index (χ2n) is 8.50. The summed E-state index contributed by atoms with van der Waals surface area (Å²) in [6.45, 7) is 8.38. The number of anilines is 2. The van der Waals surface area contributed by atoms with Crippen LogP contribution in [-0.4, -0.2) is 58.9 Å². The molecule has 1 aliphatic rings. The average molecular weight is 433 g/mol. The van der Waals surface area contributed by atoms with Crippen LogP contribution in [0.4, 0.5) is 16.3 Å². The molecule has 2 amide bonds. The Labute approximate surface area is 182 Å². The second-order valence-corrected chi connectivity index (χ2v) is 8.91.